The second-order valence-corrected chi connectivity index (χ2v) is 4.42. The van der Waals surface area contributed by atoms with Crippen LogP contribution in [0.1, 0.15) is 30.2 Å². The number of halogens is 3. The van der Waals surface area contributed by atoms with Crippen LogP contribution in [0.4, 0.5) is 8.78 Å². The van der Waals surface area contributed by atoms with Gasteiger partial charge >= 0.3 is 5.97 Å². The summed E-state index contributed by atoms with van der Waals surface area (Å²) in [4.78, 5) is 15.3. The molecule has 3 nitrogen and oxygen atoms in total. The van der Waals surface area contributed by atoms with Crippen molar-refractivity contribution in [1.82, 2.24) is 4.98 Å². The molecule has 17 heavy (non-hydrogen) atoms. The molecule has 0 spiro atoms. The summed E-state index contributed by atoms with van der Waals surface area (Å²) in [5, 5.41) is 0. The Morgan fingerprint density at radius 3 is 2.76 bits per heavy atom. The van der Waals surface area contributed by atoms with E-state index in [1.165, 1.54) is 6.07 Å². The number of ether oxygens (including phenoxy) is 1. The summed E-state index contributed by atoms with van der Waals surface area (Å²) in [7, 11) is 0. The maximum atomic E-state index is 12.7. The van der Waals surface area contributed by atoms with Crippen LogP contribution in [0.2, 0.25) is 0 Å². The van der Waals surface area contributed by atoms with E-state index in [1.807, 2.05) is 22.6 Å². The highest BCUT2D eigenvalue weighted by atomic mass is 127. The van der Waals surface area contributed by atoms with Crippen LogP contribution in [0, 0.1) is 10.6 Å². The van der Waals surface area contributed by atoms with Crippen LogP contribution in [0.3, 0.4) is 0 Å². The Bertz CT molecular complexity index is 424. The lowest BCUT2D eigenvalue weighted by atomic mass is 10.1. The van der Waals surface area contributed by atoms with Gasteiger partial charge in [-0.05, 0) is 48.1 Å². The van der Waals surface area contributed by atoms with Gasteiger partial charge in [0, 0.05) is 5.56 Å². The Balaban J connectivity index is 2.98. The monoisotopic (exact) mass is 355 g/mol. The molecule has 0 fully saturated rings. The highest BCUT2D eigenvalue weighted by Gasteiger charge is 2.16. The van der Waals surface area contributed by atoms with Gasteiger partial charge in [-0.3, -0.25) is 4.79 Å². The van der Waals surface area contributed by atoms with Gasteiger partial charge < -0.3 is 4.74 Å². The van der Waals surface area contributed by atoms with Crippen LogP contribution in [0.5, 0.6) is 0 Å². The van der Waals surface area contributed by atoms with E-state index in [0.717, 1.165) is 0 Å². The van der Waals surface area contributed by atoms with E-state index in [9.17, 15) is 13.6 Å². The summed E-state index contributed by atoms with van der Waals surface area (Å²) < 4.78 is 30.7. The Kier molecular flexibility index (Phi) is 5.23. The summed E-state index contributed by atoms with van der Waals surface area (Å²) in [5.41, 5.74) is 0.686. The third-order valence-corrected chi connectivity index (χ3v) is 3.22. The summed E-state index contributed by atoms with van der Waals surface area (Å²) in [6, 6.07) is 1.26. The Morgan fingerprint density at radius 2 is 2.24 bits per heavy atom. The maximum absolute atomic E-state index is 12.7. The van der Waals surface area contributed by atoms with Crippen molar-refractivity contribution in [2.45, 2.75) is 26.7 Å². The van der Waals surface area contributed by atoms with E-state index in [0.29, 0.717) is 15.0 Å². The molecule has 0 aliphatic heterocycles. The number of alkyl halides is 2. The lowest BCUT2D eigenvalue weighted by molar-refractivity contribution is -0.142. The summed E-state index contributed by atoms with van der Waals surface area (Å²) in [5.74, 6) is -0.458. The molecule has 0 atom stereocenters. The number of esters is 1. The molecule has 1 aromatic rings. The second-order valence-electron chi connectivity index (χ2n) is 3.40. The zero-order valence-corrected chi connectivity index (χ0v) is 11.6. The first-order valence-corrected chi connectivity index (χ1v) is 6.13. The van der Waals surface area contributed by atoms with Gasteiger partial charge in [0.25, 0.3) is 6.43 Å². The van der Waals surface area contributed by atoms with Gasteiger partial charge in [-0.1, -0.05) is 0 Å². The highest BCUT2D eigenvalue weighted by Crippen LogP contribution is 2.25. The molecule has 0 aliphatic carbocycles. The van der Waals surface area contributed by atoms with Crippen LogP contribution in [-0.2, 0) is 16.0 Å². The van der Waals surface area contributed by atoms with Crippen molar-refractivity contribution >= 4 is 28.6 Å². The number of hydrogen-bond donors (Lipinski definition) is 0. The molecule has 0 unspecified atom stereocenters. The second kappa shape index (κ2) is 6.23. The van der Waals surface area contributed by atoms with Crippen LogP contribution in [-0.4, -0.2) is 17.6 Å². The SMILES string of the molecule is CCOC(=O)Cc1cc(C(F)F)c(C)c(I)n1. The normalized spacial score (nSPS) is 10.7. The zero-order valence-electron chi connectivity index (χ0n) is 9.47. The number of nitrogens with zero attached hydrogens (tertiary/aromatic N) is 1. The molecule has 1 aromatic heterocycles. The minimum Gasteiger partial charge on any atom is -0.466 e. The Labute approximate surface area is 112 Å². The molecular weight excluding hydrogens is 343 g/mol. The third kappa shape index (κ3) is 3.86. The van der Waals surface area contributed by atoms with Gasteiger partial charge in [-0.25, -0.2) is 13.8 Å². The fourth-order valence-electron chi connectivity index (χ4n) is 1.33. The van der Waals surface area contributed by atoms with Crippen molar-refractivity contribution in [3.8, 4) is 0 Å². The van der Waals surface area contributed by atoms with Crippen LogP contribution in [0.15, 0.2) is 6.07 Å². The van der Waals surface area contributed by atoms with Crippen molar-refractivity contribution in [2.75, 3.05) is 6.61 Å². The van der Waals surface area contributed by atoms with Crippen LogP contribution < -0.4 is 0 Å². The average Bonchev–Trinajstić information content (AvgIpc) is 2.23. The highest BCUT2D eigenvalue weighted by molar-refractivity contribution is 14.1. The minimum atomic E-state index is -2.56. The fourth-order valence-corrected chi connectivity index (χ4v) is 1.95. The van der Waals surface area contributed by atoms with E-state index in [4.69, 9.17) is 4.74 Å². The topological polar surface area (TPSA) is 39.2 Å². The first-order chi connectivity index (χ1) is 7.95. The van der Waals surface area contributed by atoms with E-state index >= 15 is 0 Å². The molecule has 1 heterocycles. The van der Waals surface area contributed by atoms with Gasteiger partial charge in [0.05, 0.1) is 18.7 Å². The van der Waals surface area contributed by atoms with E-state index in [2.05, 4.69) is 4.98 Å². The molecule has 6 heteroatoms. The summed E-state index contributed by atoms with van der Waals surface area (Å²) in [6.07, 6.45) is -2.64. The number of aromatic nitrogens is 1. The van der Waals surface area contributed by atoms with Crippen molar-refractivity contribution in [1.29, 1.82) is 0 Å². The first kappa shape index (κ1) is 14.3. The predicted molar refractivity (Wildman–Crippen MR) is 67.0 cm³/mol. The van der Waals surface area contributed by atoms with Crippen LogP contribution in [0.25, 0.3) is 0 Å². The van der Waals surface area contributed by atoms with Gasteiger partial charge in [0.2, 0.25) is 0 Å². The third-order valence-electron chi connectivity index (χ3n) is 2.17. The lowest BCUT2D eigenvalue weighted by Crippen LogP contribution is -2.10. The molecule has 0 bridgehead atoms. The minimum absolute atomic E-state index is 0.0795. The summed E-state index contributed by atoms with van der Waals surface area (Å²) in [6.45, 7) is 3.54. The number of carbonyl (C=O) groups excluding carboxylic acids is 1. The molecule has 0 radical (unpaired) electrons. The van der Waals surface area contributed by atoms with Crippen molar-refractivity contribution in [3.05, 3.63) is 26.6 Å². The molecule has 94 valence electrons. The molecule has 0 saturated carbocycles. The van der Waals surface area contributed by atoms with Gasteiger partial charge in [0.1, 0.15) is 3.70 Å². The van der Waals surface area contributed by atoms with Gasteiger partial charge in [-0.2, -0.15) is 0 Å². The number of carbonyl (C=O) groups is 1. The Hall–Kier alpha value is -0.790. The standard InChI is InChI=1S/C11H12F2INO2/c1-3-17-9(16)5-7-4-8(10(12)13)6(2)11(14)15-7/h4,10H,3,5H2,1-2H3. The molecule has 0 N–H and O–H groups in total. The van der Waals surface area contributed by atoms with Crippen molar-refractivity contribution < 1.29 is 18.3 Å². The van der Waals surface area contributed by atoms with Gasteiger partial charge in [0.15, 0.2) is 0 Å². The zero-order chi connectivity index (χ0) is 13.0. The average molecular weight is 355 g/mol. The van der Waals surface area contributed by atoms with Gasteiger partial charge in [-0.15, -0.1) is 0 Å². The molecule has 0 aromatic carbocycles. The number of rotatable bonds is 4. The Morgan fingerprint density at radius 1 is 1.59 bits per heavy atom. The van der Waals surface area contributed by atoms with E-state index < -0.39 is 12.4 Å². The number of hydrogen-bond acceptors (Lipinski definition) is 3. The van der Waals surface area contributed by atoms with Crippen molar-refractivity contribution in [3.63, 3.8) is 0 Å². The first-order valence-electron chi connectivity index (χ1n) is 5.05. The van der Waals surface area contributed by atoms with Crippen molar-refractivity contribution in [2.24, 2.45) is 0 Å². The predicted octanol–water partition coefficient (Wildman–Crippen LogP) is 3.04. The smallest absolute Gasteiger partial charge is 0.311 e. The van der Waals surface area contributed by atoms with E-state index in [1.54, 1.807) is 13.8 Å². The molecule has 0 saturated heterocycles. The molecule has 0 aliphatic rings. The molecular formula is C11H12F2INO2. The number of pyridine rings is 1. The maximum Gasteiger partial charge on any atom is 0.311 e. The van der Waals surface area contributed by atoms with E-state index in [-0.39, 0.29) is 18.6 Å². The summed E-state index contributed by atoms with van der Waals surface area (Å²) >= 11 is 1.88. The fraction of sp³-hybridized carbons (Fsp3) is 0.455. The molecule has 1 rings (SSSR count). The largest absolute Gasteiger partial charge is 0.466 e. The van der Waals surface area contributed by atoms with Crippen LogP contribution >= 0.6 is 22.6 Å². The quantitative estimate of drug-likeness (QED) is 0.474. The molecule has 0 amide bonds. The lowest BCUT2D eigenvalue weighted by Gasteiger charge is -2.09.